The highest BCUT2D eigenvalue weighted by atomic mass is 16.7. The molecular weight excluding hydrogens is 264 g/mol. The average molecular weight is 288 g/mol. The van der Waals surface area contributed by atoms with Gasteiger partial charge in [0.05, 0.1) is 19.8 Å². The summed E-state index contributed by atoms with van der Waals surface area (Å²) in [6, 6.07) is 10.8. The van der Waals surface area contributed by atoms with Crippen molar-refractivity contribution in [1.82, 2.24) is 10.2 Å². The van der Waals surface area contributed by atoms with Crippen molar-refractivity contribution in [3.8, 4) is 0 Å². The Hall–Kier alpha value is -0.940. The summed E-state index contributed by atoms with van der Waals surface area (Å²) in [4.78, 5) is 2.56. The molecule has 3 heterocycles. The highest BCUT2D eigenvalue weighted by Gasteiger charge is 2.59. The van der Waals surface area contributed by atoms with Crippen molar-refractivity contribution in [3.63, 3.8) is 0 Å². The molecule has 4 rings (SSSR count). The molecular formula is C17H24N2O2. The summed E-state index contributed by atoms with van der Waals surface area (Å²) in [5, 5.41) is 3.46. The first-order valence-corrected chi connectivity index (χ1v) is 8.07. The summed E-state index contributed by atoms with van der Waals surface area (Å²) >= 11 is 0. The maximum absolute atomic E-state index is 6.11. The Morgan fingerprint density at radius 2 is 1.90 bits per heavy atom. The molecule has 1 aromatic rings. The molecule has 0 amide bonds. The molecule has 4 heteroatoms. The van der Waals surface area contributed by atoms with E-state index in [4.69, 9.17) is 9.47 Å². The van der Waals surface area contributed by atoms with Crippen molar-refractivity contribution in [2.24, 2.45) is 5.41 Å². The maximum atomic E-state index is 6.11. The standard InChI is InChI=1S/C17H24N2O2/c1-2-4-15(5-3-1)12-19-9-7-16(14-19)6-8-18-13-17(16)20-10-11-21-17/h1-5,18H,6-14H2. The molecule has 3 aliphatic heterocycles. The number of hydrogen-bond donors (Lipinski definition) is 1. The van der Waals surface area contributed by atoms with Crippen LogP contribution in [0.25, 0.3) is 0 Å². The number of nitrogens with zero attached hydrogens (tertiary/aromatic N) is 1. The van der Waals surface area contributed by atoms with Crippen molar-refractivity contribution in [2.45, 2.75) is 25.2 Å². The van der Waals surface area contributed by atoms with Gasteiger partial charge in [-0.2, -0.15) is 0 Å². The fourth-order valence-corrected chi connectivity index (χ4v) is 4.27. The van der Waals surface area contributed by atoms with Crippen LogP contribution in [0.15, 0.2) is 30.3 Å². The lowest BCUT2D eigenvalue weighted by molar-refractivity contribution is -0.242. The van der Waals surface area contributed by atoms with Gasteiger partial charge in [0.25, 0.3) is 0 Å². The van der Waals surface area contributed by atoms with Gasteiger partial charge < -0.3 is 14.8 Å². The minimum Gasteiger partial charge on any atom is -0.346 e. The second-order valence-corrected chi connectivity index (χ2v) is 6.60. The van der Waals surface area contributed by atoms with Gasteiger partial charge in [0.15, 0.2) is 5.79 Å². The molecule has 0 aromatic heterocycles. The first-order valence-electron chi connectivity index (χ1n) is 8.07. The van der Waals surface area contributed by atoms with Crippen LogP contribution < -0.4 is 5.32 Å². The van der Waals surface area contributed by atoms with Crippen LogP contribution in [0, 0.1) is 5.41 Å². The normalized spacial score (nSPS) is 32.2. The zero-order valence-electron chi connectivity index (χ0n) is 12.5. The van der Waals surface area contributed by atoms with Gasteiger partial charge in [0, 0.05) is 18.5 Å². The summed E-state index contributed by atoms with van der Waals surface area (Å²) in [5.41, 5.74) is 1.56. The van der Waals surface area contributed by atoms with Gasteiger partial charge in [-0.3, -0.25) is 4.90 Å². The van der Waals surface area contributed by atoms with E-state index in [9.17, 15) is 0 Å². The number of nitrogens with one attached hydrogen (secondary N) is 1. The lowest BCUT2D eigenvalue weighted by Gasteiger charge is -2.48. The van der Waals surface area contributed by atoms with Gasteiger partial charge in [0.1, 0.15) is 0 Å². The smallest absolute Gasteiger partial charge is 0.187 e. The predicted octanol–water partition coefficient (Wildman–Crippen LogP) is 1.62. The van der Waals surface area contributed by atoms with E-state index in [1.165, 1.54) is 12.0 Å². The molecule has 3 fully saturated rings. The Morgan fingerprint density at radius 1 is 1.10 bits per heavy atom. The van der Waals surface area contributed by atoms with Gasteiger partial charge in [-0.15, -0.1) is 0 Å². The van der Waals surface area contributed by atoms with Crippen LogP contribution >= 0.6 is 0 Å². The van der Waals surface area contributed by atoms with Gasteiger partial charge >= 0.3 is 0 Å². The monoisotopic (exact) mass is 288 g/mol. The van der Waals surface area contributed by atoms with Crippen LogP contribution in [-0.2, 0) is 16.0 Å². The van der Waals surface area contributed by atoms with E-state index in [0.717, 1.165) is 52.4 Å². The van der Waals surface area contributed by atoms with Crippen molar-refractivity contribution in [3.05, 3.63) is 35.9 Å². The molecule has 0 aliphatic carbocycles. The van der Waals surface area contributed by atoms with Crippen molar-refractivity contribution < 1.29 is 9.47 Å². The molecule has 21 heavy (non-hydrogen) atoms. The highest BCUT2D eigenvalue weighted by molar-refractivity contribution is 5.15. The van der Waals surface area contributed by atoms with Gasteiger partial charge in [0.2, 0.25) is 0 Å². The van der Waals surface area contributed by atoms with Gasteiger partial charge in [-0.25, -0.2) is 0 Å². The van der Waals surface area contributed by atoms with Gasteiger partial charge in [-0.05, 0) is 31.5 Å². The van der Waals surface area contributed by atoms with Crippen molar-refractivity contribution >= 4 is 0 Å². The number of piperidine rings is 1. The summed E-state index contributed by atoms with van der Waals surface area (Å²) < 4.78 is 12.2. The summed E-state index contributed by atoms with van der Waals surface area (Å²) in [6.45, 7) is 6.66. The van der Waals surface area contributed by atoms with E-state index >= 15 is 0 Å². The second kappa shape index (κ2) is 5.36. The first kappa shape index (κ1) is 13.7. The zero-order chi connectivity index (χ0) is 14.2. The number of fused-ring (bicyclic) bond motifs is 1. The quantitative estimate of drug-likeness (QED) is 0.896. The molecule has 0 bridgehead atoms. The van der Waals surface area contributed by atoms with Crippen LogP contribution in [0.4, 0.5) is 0 Å². The zero-order valence-corrected chi connectivity index (χ0v) is 12.5. The third kappa shape index (κ3) is 2.30. The lowest BCUT2D eigenvalue weighted by atomic mass is 9.73. The maximum Gasteiger partial charge on any atom is 0.187 e. The fourth-order valence-electron chi connectivity index (χ4n) is 4.27. The largest absolute Gasteiger partial charge is 0.346 e. The molecule has 2 spiro atoms. The van der Waals surface area contributed by atoms with Crippen LogP contribution in [0.1, 0.15) is 18.4 Å². The number of benzene rings is 1. The second-order valence-electron chi connectivity index (χ2n) is 6.60. The average Bonchev–Trinajstić information content (AvgIpc) is 3.13. The third-order valence-corrected chi connectivity index (χ3v) is 5.38. The third-order valence-electron chi connectivity index (χ3n) is 5.38. The topological polar surface area (TPSA) is 33.7 Å². The number of hydrogen-bond acceptors (Lipinski definition) is 4. The van der Waals surface area contributed by atoms with E-state index in [0.29, 0.717) is 0 Å². The Bertz CT molecular complexity index is 487. The van der Waals surface area contributed by atoms with Crippen molar-refractivity contribution in [1.29, 1.82) is 0 Å². The highest BCUT2D eigenvalue weighted by Crippen LogP contribution is 2.49. The van der Waals surface area contributed by atoms with Crippen LogP contribution in [0.3, 0.4) is 0 Å². The Balaban J connectivity index is 1.51. The predicted molar refractivity (Wildman–Crippen MR) is 80.9 cm³/mol. The minimum atomic E-state index is -0.378. The Morgan fingerprint density at radius 3 is 2.71 bits per heavy atom. The van der Waals surface area contributed by atoms with Crippen LogP contribution in [0.2, 0.25) is 0 Å². The van der Waals surface area contributed by atoms with E-state index in [1.54, 1.807) is 0 Å². The molecule has 0 saturated carbocycles. The molecule has 3 saturated heterocycles. The number of rotatable bonds is 2. The van der Waals surface area contributed by atoms with Crippen molar-refractivity contribution in [2.75, 3.05) is 39.4 Å². The van der Waals surface area contributed by atoms with Crippen LogP contribution in [0.5, 0.6) is 0 Å². The molecule has 114 valence electrons. The summed E-state index contributed by atoms with van der Waals surface area (Å²) in [7, 11) is 0. The molecule has 1 atom stereocenters. The molecule has 1 aromatic carbocycles. The van der Waals surface area contributed by atoms with Gasteiger partial charge in [-0.1, -0.05) is 30.3 Å². The molecule has 4 nitrogen and oxygen atoms in total. The minimum absolute atomic E-state index is 0.170. The SMILES string of the molecule is c1ccc(CN2CCC3(CCNCC34OCCO4)C2)cc1. The van der Waals surface area contributed by atoms with E-state index in [1.807, 2.05) is 0 Å². The summed E-state index contributed by atoms with van der Waals surface area (Å²) in [5.74, 6) is -0.378. The van der Waals surface area contributed by atoms with E-state index in [-0.39, 0.29) is 11.2 Å². The lowest BCUT2D eigenvalue weighted by Crippen LogP contribution is -2.61. The molecule has 1 N–H and O–H groups in total. The van der Waals surface area contributed by atoms with E-state index in [2.05, 4.69) is 40.5 Å². The molecule has 3 aliphatic rings. The Labute approximate surface area is 126 Å². The Kier molecular flexibility index (Phi) is 3.50. The summed E-state index contributed by atoms with van der Waals surface area (Å²) in [6.07, 6.45) is 2.33. The molecule has 1 unspecified atom stereocenters. The number of likely N-dealkylation sites (tertiary alicyclic amines) is 1. The van der Waals surface area contributed by atoms with Crippen LogP contribution in [-0.4, -0.2) is 50.1 Å². The van der Waals surface area contributed by atoms with E-state index < -0.39 is 0 Å². The number of ether oxygens (including phenoxy) is 2. The first-order chi connectivity index (χ1) is 10.3. The molecule has 0 radical (unpaired) electrons. The fraction of sp³-hybridized carbons (Fsp3) is 0.647.